The maximum Gasteiger partial charge on any atom is 0.257 e. The summed E-state index contributed by atoms with van der Waals surface area (Å²) in [6.45, 7) is 6.25. The summed E-state index contributed by atoms with van der Waals surface area (Å²) in [4.78, 5) is 13.5. The lowest BCUT2D eigenvalue weighted by Gasteiger charge is -2.32. The molecule has 0 amide bonds. The highest BCUT2D eigenvalue weighted by molar-refractivity contribution is 5.71. The van der Waals surface area contributed by atoms with E-state index in [1.165, 1.54) is 4.52 Å². The fourth-order valence-corrected chi connectivity index (χ4v) is 3.64. The van der Waals surface area contributed by atoms with Crippen molar-refractivity contribution in [3.8, 4) is 28.5 Å². The number of ether oxygens (including phenoxy) is 2. The minimum atomic E-state index is -0.0432. The molecule has 0 unspecified atom stereocenters. The van der Waals surface area contributed by atoms with E-state index in [1.807, 2.05) is 0 Å². The second kappa shape index (κ2) is 9.36. The van der Waals surface area contributed by atoms with Gasteiger partial charge in [-0.3, -0.25) is 0 Å². The summed E-state index contributed by atoms with van der Waals surface area (Å²) < 4.78 is 12.0. The zero-order chi connectivity index (χ0) is 21.8. The zero-order valence-electron chi connectivity index (χ0n) is 18.2. The minimum absolute atomic E-state index is 0.0432. The molecular formula is C21H29N7O3. The normalized spacial score (nSPS) is 15.3. The second-order valence-corrected chi connectivity index (χ2v) is 7.67. The largest absolute Gasteiger partial charge is 0.497 e. The number of nitrogens with one attached hydrogen (secondary N) is 1. The molecule has 0 radical (unpaired) electrons. The lowest BCUT2D eigenvalue weighted by molar-refractivity contribution is 0.154. The van der Waals surface area contributed by atoms with Crippen molar-refractivity contribution in [2.75, 3.05) is 65.9 Å². The summed E-state index contributed by atoms with van der Waals surface area (Å²) in [6.07, 6.45) is 2.57. The summed E-state index contributed by atoms with van der Waals surface area (Å²) >= 11 is 0. The van der Waals surface area contributed by atoms with Gasteiger partial charge in [0, 0.05) is 45.0 Å². The van der Waals surface area contributed by atoms with Crippen LogP contribution in [0, 0.1) is 0 Å². The van der Waals surface area contributed by atoms with Crippen molar-refractivity contribution in [1.82, 2.24) is 29.4 Å². The van der Waals surface area contributed by atoms with Crippen molar-refractivity contribution >= 4 is 11.7 Å². The van der Waals surface area contributed by atoms with Crippen LogP contribution >= 0.6 is 0 Å². The number of hydrogen-bond acceptors (Lipinski definition) is 9. The Kier molecular flexibility index (Phi) is 6.38. The van der Waals surface area contributed by atoms with Gasteiger partial charge in [0.1, 0.15) is 11.5 Å². The Hall–Kier alpha value is -3.11. The molecule has 1 aliphatic heterocycles. The SMILES string of the molecule is COc1cc(OC)cc(-c2cnc3nc(NCCCN4CCN(C)CC4)nn3c2O)c1. The number of aromatic nitrogens is 4. The van der Waals surface area contributed by atoms with Gasteiger partial charge in [0.25, 0.3) is 5.78 Å². The van der Waals surface area contributed by atoms with E-state index >= 15 is 0 Å². The Morgan fingerprint density at radius 3 is 2.45 bits per heavy atom. The van der Waals surface area contributed by atoms with Crippen molar-refractivity contribution in [1.29, 1.82) is 0 Å². The predicted molar refractivity (Wildman–Crippen MR) is 118 cm³/mol. The molecule has 3 heterocycles. The van der Waals surface area contributed by atoms with Crippen LogP contribution in [0.4, 0.5) is 5.95 Å². The summed E-state index contributed by atoms with van der Waals surface area (Å²) in [5, 5.41) is 18.4. The van der Waals surface area contributed by atoms with E-state index in [9.17, 15) is 5.11 Å². The molecule has 0 atom stereocenters. The van der Waals surface area contributed by atoms with E-state index in [0.717, 1.165) is 45.7 Å². The van der Waals surface area contributed by atoms with E-state index < -0.39 is 0 Å². The fourth-order valence-electron chi connectivity index (χ4n) is 3.64. The molecule has 166 valence electrons. The quantitative estimate of drug-likeness (QED) is 0.519. The van der Waals surface area contributed by atoms with E-state index in [-0.39, 0.29) is 5.88 Å². The van der Waals surface area contributed by atoms with Crippen molar-refractivity contribution in [3.05, 3.63) is 24.4 Å². The van der Waals surface area contributed by atoms with Gasteiger partial charge in [-0.15, -0.1) is 5.10 Å². The lowest BCUT2D eigenvalue weighted by Crippen LogP contribution is -2.44. The maximum atomic E-state index is 10.8. The molecule has 2 N–H and O–H groups in total. The van der Waals surface area contributed by atoms with E-state index in [2.05, 4.69) is 37.2 Å². The van der Waals surface area contributed by atoms with Gasteiger partial charge in [0.05, 0.1) is 19.8 Å². The molecule has 0 bridgehead atoms. The first-order valence-corrected chi connectivity index (χ1v) is 10.4. The highest BCUT2D eigenvalue weighted by Gasteiger charge is 2.16. The van der Waals surface area contributed by atoms with E-state index in [1.54, 1.807) is 38.6 Å². The highest BCUT2D eigenvalue weighted by atomic mass is 16.5. The summed E-state index contributed by atoms with van der Waals surface area (Å²) in [5.41, 5.74) is 1.22. The van der Waals surface area contributed by atoms with Crippen LogP contribution in [0.25, 0.3) is 16.9 Å². The molecule has 1 fully saturated rings. The molecule has 1 saturated heterocycles. The molecular weight excluding hydrogens is 398 g/mol. The van der Waals surface area contributed by atoms with Crippen LogP contribution in [0.15, 0.2) is 24.4 Å². The summed E-state index contributed by atoms with van der Waals surface area (Å²) in [6, 6.07) is 5.38. The second-order valence-electron chi connectivity index (χ2n) is 7.67. The Morgan fingerprint density at radius 1 is 1.06 bits per heavy atom. The summed E-state index contributed by atoms with van der Waals surface area (Å²) in [7, 11) is 5.32. The molecule has 2 aromatic heterocycles. The third kappa shape index (κ3) is 4.80. The third-order valence-electron chi connectivity index (χ3n) is 5.53. The first-order chi connectivity index (χ1) is 15.1. The molecule has 31 heavy (non-hydrogen) atoms. The number of benzene rings is 1. The summed E-state index contributed by atoms with van der Waals surface area (Å²) in [5.74, 6) is 1.97. The van der Waals surface area contributed by atoms with Crippen molar-refractivity contribution in [2.24, 2.45) is 0 Å². The number of nitrogens with zero attached hydrogens (tertiary/aromatic N) is 6. The fraction of sp³-hybridized carbons (Fsp3) is 0.476. The van der Waals surface area contributed by atoms with Crippen LogP contribution < -0.4 is 14.8 Å². The molecule has 10 heteroatoms. The van der Waals surface area contributed by atoms with Gasteiger partial charge in [-0.05, 0) is 37.7 Å². The van der Waals surface area contributed by atoms with Crippen LogP contribution in [0.1, 0.15) is 6.42 Å². The van der Waals surface area contributed by atoms with Gasteiger partial charge in [0.2, 0.25) is 11.8 Å². The van der Waals surface area contributed by atoms with Gasteiger partial charge in [0.15, 0.2) is 0 Å². The highest BCUT2D eigenvalue weighted by Crippen LogP contribution is 2.34. The van der Waals surface area contributed by atoms with Gasteiger partial charge < -0.3 is 29.7 Å². The van der Waals surface area contributed by atoms with Crippen LogP contribution in [0.3, 0.4) is 0 Å². The number of fused-ring (bicyclic) bond motifs is 1. The number of likely N-dealkylation sites (N-methyl/N-ethyl adjacent to an activating group) is 1. The monoisotopic (exact) mass is 427 g/mol. The average molecular weight is 428 g/mol. The van der Waals surface area contributed by atoms with Crippen LogP contribution in [-0.2, 0) is 0 Å². The Morgan fingerprint density at radius 2 is 1.77 bits per heavy atom. The van der Waals surface area contributed by atoms with Gasteiger partial charge in [-0.1, -0.05) is 0 Å². The minimum Gasteiger partial charge on any atom is -0.497 e. The number of rotatable bonds is 8. The molecule has 1 aliphatic rings. The molecule has 0 aliphatic carbocycles. The van der Waals surface area contributed by atoms with Gasteiger partial charge in [-0.25, -0.2) is 4.98 Å². The predicted octanol–water partition coefficient (Wildman–Crippen LogP) is 1.56. The number of methoxy groups -OCH3 is 2. The van der Waals surface area contributed by atoms with Crippen LogP contribution in [-0.4, -0.2) is 95.0 Å². The van der Waals surface area contributed by atoms with Crippen LogP contribution in [0.2, 0.25) is 0 Å². The molecule has 0 saturated carbocycles. The van der Waals surface area contributed by atoms with E-state index in [0.29, 0.717) is 34.4 Å². The number of hydrogen-bond donors (Lipinski definition) is 2. The zero-order valence-corrected chi connectivity index (χ0v) is 18.2. The Bertz CT molecular complexity index is 1010. The number of piperazine rings is 1. The number of aromatic hydroxyl groups is 1. The Labute approximate surface area is 181 Å². The smallest absolute Gasteiger partial charge is 0.257 e. The first kappa shape index (κ1) is 21.1. The standard InChI is InChI=1S/C21H29N7O3/c1-26-7-9-27(10-8-26)6-4-5-22-20-24-21-23-14-18(19(29)28(21)25-20)15-11-16(30-2)13-17(12-15)31-3/h11-14,29H,4-10H2,1-3H3,(H,22,25). The van der Waals surface area contributed by atoms with Crippen molar-refractivity contribution < 1.29 is 14.6 Å². The average Bonchev–Trinajstić information content (AvgIpc) is 3.22. The first-order valence-electron chi connectivity index (χ1n) is 10.4. The maximum absolute atomic E-state index is 10.8. The van der Waals surface area contributed by atoms with Crippen LogP contribution in [0.5, 0.6) is 17.4 Å². The molecule has 1 aromatic carbocycles. The molecule has 4 rings (SSSR count). The van der Waals surface area contributed by atoms with Gasteiger partial charge >= 0.3 is 0 Å². The van der Waals surface area contributed by atoms with E-state index in [4.69, 9.17) is 9.47 Å². The van der Waals surface area contributed by atoms with Crippen molar-refractivity contribution in [3.63, 3.8) is 0 Å². The van der Waals surface area contributed by atoms with Crippen molar-refractivity contribution in [2.45, 2.75) is 6.42 Å². The Balaban J connectivity index is 1.44. The van der Waals surface area contributed by atoms with Gasteiger partial charge in [-0.2, -0.15) is 9.50 Å². The lowest BCUT2D eigenvalue weighted by atomic mass is 10.1. The topological polar surface area (TPSA) is 100 Å². The molecule has 3 aromatic rings. The molecule has 10 nitrogen and oxygen atoms in total. The molecule has 0 spiro atoms. The number of anilines is 1. The third-order valence-corrected chi connectivity index (χ3v) is 5.53.